The molecule has 3 aromatic carbocycles. The smallest absolute Gasteiger partial charge is 0.255 e. The third kappa shape index (κ3) is 6.99. The lowest BCUT2D eigenvalue weighted by Gasteiger charge is -2.35. The van der Waals surface area contributed by atoms with E-state index in [1.807, 2.05) is 48.5 Å². The SMILES string of the molecule is CC(CN1CCOCC1)N(Cc1ccccc1)Cc1cccc(C(=O)Nc2ccccc2)c1. The molecule has 1 unspecified atom stereocenters. The molecule has 0 spiro atoms. The van der Waals surface area contributed by atoms with Crippen molar-refractivity contribution >= 4 is 11.6 Å². The highest BCUT2D eigenvalue weighted by Gasteiger charge is 2.20. The van der Waals surface area contributed by atoms with Gasteiger partial charge in [0, 0.05) is 50.0 Å². The number of carbonyl (C=O) groups is 1. The molecule has 0 bridgehead atoms. The van der Waals surface area contributed by atoms with Gasteiger partial charge < -0.3 is 10.1 Å². The maximum atomic E-state index is 12.8. The van der Waals surface area contributed by atoms with Crippen LogP contribution in [0.1, 0.15) is 28.4 Å². The first kappa shape index (κ1) is 23.2. The molecule has 33 heavy (non-hydrogen) atoms. The summed E-state index contributed by atoms with van der Waals surface area (Å²) < 4.78 is 5.52. The normalized spacial score (nSPS) is 15.3. The van der Waals surface area contributed by atoms with Crippen LogP contribution in [0.25, 0.3) is 0 Å². The van der Waals surface area contributed by atoms with Crippen LogP contribution in [0, 0.1) is 0 Å². The van der Waals surface area contributed by atoms with Crippen LogP contribution in [-0.4, -0.2) is 54.6 Å². The van der Waals surface area contributed by atoms with E-state index in [4.69, 9.17) is 4.74 Å². The summed E-state index contributed by atoms with van der Waals surface area (Å²) in [7, 11) is 0. The second-order valence-corrected chi connectivity index (χ2v) is 8.67. The number of nitrogens with one attached hydrogen (secondary N) is 1. The Hall–Kier alpha value is -2.99. The third-order valence-electron chi connectivity index (χ3n) is 6.08. The first-order chi connectivity index (χ1) is 16.2. The van der Waals surface area contributed by atoms with E-state index in [1.165, 1.54) is 5.56 Å². The van der Waals surface area contributed by atoms with Crippen molar-refractivity contribution in [3.63, 3.8) is 0 Å². The number of hydrogen-bond acceptors (Lipinski definition) is 4. The van der Waals surface area contributed by atoms with Gasteiger partial charge in [-0.3, -0.25) is 14.6 Å². The molecule has 1 amide bonds. The van der Waals surface area contributed by atoms with Gasteiger partial charge in [-0.25, -0.2) is 0 Å². The molecule has 1 aliphatic heterocycles. The van der Waals surface area contributed by atoms with Gasteiger partial charge in [-0.05, 0) is 42.3 Å². The van der Waals surface area contributed by atoms with Gasteiger partial charge in [-0.15, -0.1) is 0 Å². The minimum Gasteiger partial charge on any atom is -0.379 e. The van der Waals surface area contributed by atoms with Crippen molar-refractivity contribution < 1.29 is 9.53 Å². The second-order valence-electron chi connectivity index (χ2n) is 8.67. The van der Waals surface area contributed by atoms with Gasteiger partial charge >= 0.3 is 0 Å². The Morgan fingerprint density at radius 1 is 0.909 bits per heavy atom. The summed E-state index contributed by atoms with van der Waals surface area (Å²) in [5.74, 6) is -0.0842. The summed E-state index contributed by atoms with van der Waals surface area (Å²) in [6, 6.07) is 28.5. The molecule has 3 aromatic rings. The van der Waals surface area contributed by atoms with Crippen molar-refractivity contribution in [2.24, 2.45) is 0 Å². The topological polar surface area (TPSA) is 44.8 Å². The molecule has 1 N–H and O–H groups in total. The number of amides is 1. The maximum absolute atomic E-state index is 12.8. The van der Waals surface area contributed by atoms with Crippen molar-refractivity contribution in [1.29, 1.82) is 0 Å². The van der Waals surface area contributed by atoms with Gasteiger partial charge in [0.15, 0.2) is 0 Å². The van der Waals surface area contributed by atoms with Crippen molar-refractivity contribution in [3.8, 4) is 0 Å². The molecule has 0 radical (unpaired) electrons. The fourth-order valence-electron chi connectivity index (χ4n) is 4.23. The molecule has 172 valence electrons. The Balaban J connectivity index is 1.47. The summed E-state index contributed by atoms with van der Waals surface area (Å²) in [5, 5.41) is 2.98. The van der Waals surface area contributed by atoms with E-state index in [9.17, 15) is 4.79 Å². The minimum absolute atomic E-state index is 0.0842. The van der Waals surface area contributed by atoms with Crippen LogP contribution in [0.4, 0.5) is 5.69 Å². The average Bonchev–Trinajstić information content (AvgIpc) is 2.86. The van der Waals surface area contributed by atoms with E-state index in [-0.39, 0.29) is 5.91 Å². The predicted molar refractivity (Wildman–Crippen MR) is 133 cm³/mol. The molecule has 1 heterocycles. The van der Waals surface area contributed by atoms with Crippen molar-refractivity contribution in [2.75, 3.05) is 38.2 Å². The van der Waals surface area contributed by atoms with Crippen LogP contribution < -0.4 is 5.32 Å². The summed E-state index contributed by atoms with van der Waals surface area (Å²) in [6.45, 7) is 8.54. The van der Waals surface area contributed by atoms with E-state index < -0.39 is 0 Å². The number of morpholine rings is 1. The second kappa shape index (κ2) is 11.8. The molecular formula is C28H33N3O2. The van der Waals surface area contributed by atoms with Gasteiger partial charge in [0.25, 0.3) is 5.91 Å². The van der Waals surface area contributed by atoms with Gasteiger partial charge in [-0.1, -0.05) is 60.7 Å². The molecule has 1 aliphatic rings. The third-order valence-corrected chi connectivity index (χ3v) is 6.08. The lowest BCUT2D eigenvalue weighted by molar-refractivity contribution is 0.0226. The zero-order valence-corrected chi connectivity index (χ0v) is 19.3. The first-order valence-corrected chi connectivity index (χ1v) is 11.7. The summed E-state index contributed by atoms with van der Waals surface area (Å²) in [4.78, 5) is 17.8. The number of hydrogen-bond donors (Lipinski definition) is 1. The molecule has 0 aliphatic carbocycles. The van der Waals surface area contributed by atoms with E-state index >= 15 is 0 Å². The summed E-state index contributed by atoms with van der Waals surface area (Å²) >= 11 is 0. The fraction of sp³-hybridized carbons (Fsp3) is 0.321. The Morgan fingerprint density at radius 2 is 1.55 bits per heavy atom. The number of carbonyl (C=O) groups excluding carboxylic acids is 1. The minimum atomic E-state index is -0.0842. The number of anilines is 1. The summed E-state index contributed by atoms with van der Waals surface area (Å²) in [6.07, 6.45) is 0. The fourth-order valence-corrected chi connectivity index (χ4v) is 4.23. The van der Waals surface area contributed by atoms with Gasteiger partial charge in [-0.2, -0.15) is 0 Å². The lowest BCUT2D eigenvalue weighted by atomic mass is 10.1. The highest BCUT2D eigenvalue weighted by Crippen LogP contribution is 2.17. The molecule has 5 nitrogen and oxygen atoms in total. The zero-order valence-electron chi connectivity index (χ0n) is 19.3. The lowest BCUT2D eigenvalue weighted by Crippen LogP contribution is -2.45. The van der Waals surface area contributed by atoms with Gasteiger partial charge in [0.1, 0.15) is 0 Å². The monoisotopic (exact) mass is 443 g/mol. The van der Waals surface area contributed by atoms with Crippen LogP contribution in [0.5, 0.6) is 0 Å². The molecule has 5 heteroatoms. The van der Waals surface area contributed by atoms with Crippen LogP contribution >= 0.6 is 0 Å². The van der Waals surface area contributed by atoms with E-state index in [1.54, 1.807) is 0 Å². The van der Waals surface area contributed by atoms with Crippen LogP contribution in [-0.2, 0) is 17.8 Å². The largest absolute Gasteiger partial charge is 0.379 e. The van der Waals surface area contributed by atoms with Gasteiger partial charge in [0.05, 0.1) is 13.2 Å². The number of ether oxygens (including phenoxy) is 1. The number of rotatable bonds is 9. The quantitative estimate of drug-likeness (QED) is 0.522. The van der Waals surface area contributed by atoms with Gasteiger partial charge in [0.2, 0.25) is 0 Å². The maximum Gasteiger partial charge on any atom is 0.255 e. The number of para-hydroxylation sites is 1. The summed E-state index contributed by atoms with van der Waals surface area (Å²) in [5.41, 5.74) is 3.92. The molecular weight excluding hydrogens is 410 g/mol. The molecule has 4 rings (SSSR count). The van der Waals surface area contributed by atoms with E-state index in [0.717, 1.165) is 57.2 Å². The van der Waals surface area contributed by atoms with E-state index in [2.05, 4.69) is 58.4 Å². The molecule has 1 atom stereocenters. The number of nitrogens with zero attached hydrogens (tertiary/aromatic N) is 2. The predicted octanol–water partition coefficient (Wildman–Crippen LogP) is 4.66. The van der Waals surface area contributed by atoms with Crippen LogP contribution in [0.15, 0.2) is 84.9 Å². The van der Waals surface area contributed by atoms with Crippen molar-refractivity contribution in [2.45, 2.75) is 26.1 Å². The van der Waals surface area contributed by atoms with Crippen molar-refractivity contribution in [1.82, 2.24) is 9.80 Å². The molecule has 1 saturated heterocycles. The standard InChI is InChI=1S/C28H33N3O2/c1-23(20-30-15-17-33-18-16-30)31(21-24-9-4-2-5-10-24)22-25-11-8-12-26(19-25)28(32)29-27-13-6-3-7-14-27/h2-14,19,23H,15-18,20-22H2,1H3,(H,29,32). The van der Waals surface area contributed by atoms with E-state index in [0.29, 0.717) is 11.6 Å². The average molecular weight is 444 g/mol. The molecule has 0 aromatic heterocycles. The number of benzene rings is 3. The highest BCUT2D eigenvalue weighted by atomic mass is 16.5. The Bertz CT molecular complexity index is 1000. The Kier molecular flexibility index (Phi) is 8.25. The van der Waals surface area contributed by atoms with Crippen LogP contribution in [0.3, 0.4) is 0 Å². The zero-order chi connectivity index (χ0) is 22.9. The molecule has 0 saturated carbocycles. The Morgan fingerprint density at radius 3 is 2.27 bits per heavy atom. The first-order valence-electron chi connectivity index (χ1n) is 11.7. The van der Waals surface area contributed by atoms with Crippen LogP contribution in [0.2, 0.25) is 0 Å². The highest BCUT2D eigenvalue weighted by molar-refractivity contribution is 6.04. The molecule has 1 fully saturated rings. The Labute approximate surface area is 197 Å². The van der Waals surface area contributed by atoms with Crippen molar-refractivity contribution in [3.05, 3.63) is 102 Å².